The van der Waals surface area contributed by atoms with Crippen LogP contribution >= 0.6 is 0 Å². The summed E-state index contributed by atoms with van der Waals surface area (Å²) in [5.74, 6) is 2.97. The molecule has 8 heterocycles. The number of aromatic nitrogens is 8. The van der Waals surface area contributed by atoms with Gasteiger partial charge in [0.1, 0.15) is 0 Å². The van der Waals surface area contributed by atoms with Gasteiger partial charge in [-0.2, -0.15) is 0 Å². The maximum absolute atomic E-state index is 7.71. The Morgan fingerprint density at radius 3 is 0.871 bits per heavy atom. The summed E-state index contributed by atoms with van der Waals surface area (Å²) in [6.07, 6.45) is 17.2. The molecule has 0 amide bonds. The van der Waals surface area contributed by atoms with Crippen LogP contribution in [-0.4, -0.2) is 72.2 Å². The van der Waals surface area contributed by atoms with Crippen molar-refractivity contribution in [1.29, 1.82) is 0 Å². The van der Waals surface area contributed by atoms with Crippen LogP contribution in [0.1, 0.15) is 127 Å². The van der Waals surface area contributed by atoms with Crippen LogP contribution in [0.15, 0.2) is 340 Å². The minimum absolute atomic E-state index is 0. The normalized spacial score (nSPS) is 12.6. The van der Waals surface area contributed by atoms with Crippen molar-refractivity contribution < 1.29 is 98.2 Å². The largest absolute Gasteiger partial charge is 0.305 e. The first kappa shape index (κ1) is 92.9. The van der Waals surface area contributed by atoms with E-state index in [1.165, 1.54) is 67.6 Å². The molecule has 4 radical (unpaired) electrons. The number of benzene rings is 8. The predicted octanol–water partition coefficient (Wildman–Crippen LogP) is 28.2. The summed E-state index contributed by atoms with van der Waals surface area (Å²) in [5.41, 5.74) is 18.9. The zero-order chi connectivity index (χ0) is 103. The van der Waals surface area contributed by atoms with Crippen molar-refractivity contribution >= 4 is 53.0 Å². The molecule has 132 heavy (non-hydrogen) atoms. The molecule has 2 atom stereocenters. The van der Waals surface area contributed by atoms with Crippen LogP contribution in [0.3, 0.4) is 0 Å². The molecule has 0 N–H and O–H groups in total. The van der Waals surface area contributed by atoms with Gasteiger partial charge in [-0.05, 0) is 140 Å². The van der Waals surface area contributed by atoms with Gasteiger partial charge in [0.25, 0.3) is 0 Å². The third-order valence-corrected chi connectivity index (χ3v) is 28.9. The molecule has 2 unspecified atom stereocenters. The predicted molar refractivity (Wildman–Crippen MR) is 555 cm³/mol. The fraction of sp³-hybridized carbons (Fsp3) is 0.241. The van der Waals surface area contributed by atoms with Crippen molar-refractivity contribution in [3.63, 3.8) is 0 Å². The zero-order valence-electron chi connectivity index (χ0n) is 92.5. The van der Waals surface area contributed by atoms with Gasteiger partial charge in [0.05, 0.1) is 32.3 Å². The van der Waals surface area contributed by atoms with Crippen LogP contribution < -0.4 is 20.7 Å². The van der Waals surface area contributed by atoms with E-state index in [4.69, 9.17) is 27.8 Å². The quantitative estimate of drug-likeness (QED) is 0.0583. The molecule has 16 aromatic rings. The van der Waals surface area contributed by atoms with E-state index in [1.807, 2.05) is 91.0 Å². The summed E-state index contributed by atoms with van der Waals surface area (Å²) < 4.78 is 97.1. The van der Waals surface area contributed by atoms with Crippen molar-refractivity contribution in [2.75, 3.05) is 0 Å². The molecule has 0 aliphatic carbocycles. The summed E-state index contributed by atoms with van der Waals surface area (Å²) >= 11 is 0. The second kappa shape index (κ2) is 57.2. The number of pyridine rings is 8. The van der Waals surface area contributed by atoms with Gasteiger partial charge in [0, 0.05) is 141 Å². The van der Waals surface area contributed by atoms with E-state index >= 15 is 0 Å². The molecule has 16 heteroatoms. The zero-order valence-corrected chi connectivity index (χ0v) is 93.1. The summed E-state index contributed by atoms with van der Waals surface area (Å²) in [4.78, 5) is 35.1. The fourth-order valence-electron chi connectivity index (χ4n) is 13.4. The monoisotopic (exact) mass is 2530 g/mol. The Bertz CT molecular complexity index is 6440. The Balaban J connectivity index is 0.000000291. The van der Waals surface area contributed by atoms with Crippen LogP contribution in [0.4, 0.5) is 0 Å². The maximum atomic E-state index is 7.71. The van der Waals surface area contributed by atoms with Gasteiger partial charge in [-0.1, -0.05) is 236 Å². The molecule has 0 fully saturated rings. The van der Waals surface area contributed by atoms with Crippen LogP contribution in [-0.2, 0) is 86.8 Å². The van der Waals surface area contributed by atoms with Crippen molar-refractivity contribution in [2.24, 2.45) is 11.8 Å². The molecule has 0 saturated carbocycles. The molecule has 0 aliphatic rings. The van der Waals surface area contributed by atoms with Crippen LogP contribution in [0.5, 0.6) is 0 Å². The van der Waals surface area contributed by atoms with E-state index in [0.29, 0.717) is 74.6 Å². The van der Waals surface area contributed by atoms with E-state index in [9.17, 15) is 0 Å². The number of hydrogen-bond acceptors (Lipinski definition) is 8. The summed E-state index contributed by atoms with van der Waals surface area (Å²) in [6.45, 7) is 49.3. The van der Waals surface area contributed by atoms with E-state index in [0.717, 1.165) is 51.5 Å². The van der Waals surface area contributed by atoms with Crippen LogP contribution in [0.2, 0.25) is 78.6 Å². The molecule has 0 spiro atoms. The average Bonchev–Trinajstić information content (AvgIpc) is 0.781. The number of hydrogen-bond donors (Lipinski definition) is 0. The molecule has 8 aromatic carbocycles. The average molecular weight is 2530 g/mol. The molecule has 0 saturated heterocycles. The second-order valence-electron chi connectivity index (χ2n) is 36.0. The molecule has 0 aliphatic heterocycles. The van der Waals surface area contributed by atoms with Crippen molar-refractivity contribution in [3.05, 3.63) is 411 Å². The van der Waals surface area contributed by atoms with Gasteiger partial charge in [-0.25, -0.2) is 0 Å². The molecule has 692 valence electrons. The first-order valence-electron chi connectivity index (χ1n) is 50.2. The first-order chi connectivity index (χ1) is 66.7. The second-order valence-corrected chi connectivity index (χ2v) is 56.1. The Labute approximate surface area is 868 Å². The van der Waals surface area contributed by atoms with E-state index in [2.05, 4.69) is 293 Å². The molecule has 8 aromatic heterocycles. The molecular formula is C116H128Ir4N8Si4-8. The minimum Gasteiger partial charge on any atom is -0.305 e. The third kappa shape index (κ3) is 36.7. The van der Waals surface area contributed by atoms with Gasteiger partial charge in [0.2, 0.25) is 0 Å². The minimum atomic E-state index is -1.38. The van der Waals surface area contributed by atoms with Gasteiger partial charge >= 0.3 is 0 Å². The van der Waals surface area contributed by atoms with E-state index in [-0.39, 0.29) is 159 Å². The standard InChI is InChI=1S/C19H26NSi.2C18H24NSi.C17H22NSi.4C11H8N.4Ir/c1-14(2)15(3)17-12-18(16-10-8-7-9-11-16)20-13-19(17)21(4,5)6;1-14(2)11-16-12-17(15-9-7-6-8-10-15)19-13-18(16)20(3,4)5;1-6-14(2)16-12-17(15-10-8-7-9-11-15)19-13-18(16)20(3,4)5;1-13(2)15-11-16(14-9-7-6-8-10-14)18-12-17(15)19(3,4)5;4*1-2-6-10(7-3-1)11-8-4-5-9-12-11;;;;/h7-10,12-15H,1-6H3;6-9,12-14H,11H2,1-5H3;7-10,12-14H,6H2,1-5H3;6-9,11-13H,1-5H3;4*1-6,8-9H;;;;/q8*-1;;;;/i;;;;1D,2D,3D,6D;3*1D,2D,3D;;;;. The summed E-state index contributed by atoms with van der Waals surface area (Å²) in [5, 5.41) is 5.95. The molecule has 16 rings (SSSR count). The molecule has 8 nitrogen and oxygen atoms in total. The van der Waals surface area contributed by atoms with Gasteiger partial charge in [0.15, 0.2) is 0 Å². The smallest absolute Gasteiger partial charge is 0.0799 e. The van der Waals surface area contributed by atoms with E-state index in [1.54, 1.807) is 79.4 Å². The van der Waals surface area contributed by atoms with Crippen molar-refractivity contribution in [2.45, 2.75) is 171 Å². The Morgan fingerprint density at radius 2 is 0.576 bits per heavy atom. The first-order valence-corrected chi connectivity index (χ1v) is 57.7. The van der Waals surface area contributed by atoms with Crippen molar-refractivity contribution in [3.8, 4) is 90.1 Å². The third-order valence-electron chi connectivity index (χ3n) is 20.7. The van der Waals surface area contributed by atoms with Crippen LogP contribution in [0, 0.1) is 60.4 Å². The Hall–Kier alpha value is -9.58. The number of rotatable bonds is 19. The SMILES string of the molecule is CC(C)C(C)c1cc(-c2[c-]cccc2)ncc1[Si](C)(C)C.CC(C)Cc1cc(-c2[c-]cccc2)ncc1[Si](C)(C)C.CC(C)c1cc(-c2[c-]cccc2)ncc1[Si](C)(C)C.CCC(C)c1cc(-c2[c-]cccc2)ncc1[Si](C)(C)C.[2H]c1[c-]c(-c2ccccn2)c([2H])c([2H])c1[2H].[2H]c1[c-]c(-c2ccccn2)cc([2H])c1[2H].[2H]c1[c-]c(-c2ccccn2)cc([2H])c1[2H].[2H]c1[c-]c(-c2ccccn2)cc([2H])c1[2H].[Ir].[Ir].[Ir].[Ir]. The maximum Gasteiger partial charge on any atom is 0.0799 e. The van der Waals surface area contributed by atoms with Gasteiger partial charge < -0.3 is 39.9 Å². The van der Waals surface area contributed by atoms with Crippen LogP contribution in [0.25, 0.3) is 90.1 Å². The number of nitrogens with zero attached hydrogens (tertiary/aromatic N) is 8. The molecular weight excluding hydrogens is 2390 g/mol. The van der Waals surface area contributed by atoms with Gasteiger partial charge in [-0.15, -0.1) is 287 Å². The Kier molecular flexibility index (Phi) is 40.3. The fourth-order valence-corrected chi connectivity index (χ4v) is 19.9. The Morgan fingerprint density at radius 1 is 0.288 bits per heavy atom. The van der Waals surface area contributed by atoms with Crippen molar-refractivity contribution in [1.82, 2.24) is 39.9 Å². The summed E-state index contributed by atoms with van der Waals surface area (Å²) in [6, 6.07) is 90.0. The van der Waals surface area contributed by atoms with Gasteiger partial charge in [-0.3, -0.25) is 0 Å². The van der Waals surface area contributed by atoms with E-state index < -0.39 is 32.3 Å². The summed E-state index contributed by atoms with van der Waals surface area (Å²) in [7, 11) is -5.42. The molecule has 0 bridgehead atoms. The topological polar surface area (TPSA) is 103 Å².